The molecule has 2 aromatic rings. The van der Waals surface area contributed by atoms with Crippen LogP contribution < -0.4 is 22.3 Å². The van der Waals surface area contributed by atoms with Crippen molar-refractivity contribution in [3.63, 3.8) is 0 Å². The average Bonchev–Trinajstić information content (AvgIpc) is 2.95. The molecule has 0 atom stereocenters. The molecule has 0 radical (unpaired) electrons. The summed E-state index contributed by atoms with van der Waals surface area (Å²) in [6.45, 7) is 1.50. The Morgan fingerprint density at radius 2 is 2.24 bits per heavy atom. The fourth-order valence-electron chi connectivity index (χ4n) is 1.81. The van der Waals surface area contributed by atoms with Crippen LogP contribution in [0.25, 0.3) is 0 Å². The maximum Gasteiger partial charge on any atom is 0.330 e. The van der Waals surface area contributed by atoms with Crippen molar-refractivity contribution in [1.29, 1.82) is 0 Å². The predicted molar refractivity (Wildman–Crippen MR) is 76.1 cm³/mol. The van der Waals surface area contributed by atoms with Gasteiger partial charge in [-0.15, -0.1) is 5.10 Å². The Hall–Kier alpha value is -2.62. The lowest BCUT2D eigenvalue weighted by atomic mass is 10.4. The molecule has 4 N–H and O–H groups in total. The van der Waals surface area contributed by atoms with E-state index in [-0.39, 0.29) is 18.1 Å². The lowest BCUT2D eigenvalue weighted by Crippen LogP contribution is -2.35. The van der Waals surface area contributed by atoms with E-state index in [2.05, 4.69) is 20.6 Å². The Morgan fingerprint density at radius 3 is 2.90 bits per heavy atom. The molecule has 114 valence electrons. The van der Waals surface area contributed by atoms with Crippen molar-refractivity contribution in [2.24, 2.45) is 0 Å². The van der Waals surface area contributed by atoms with Gasteiger partial charge in [0.2, 0.25) is 0 Å². The van der Waals surface area contributed by atoms with E-state index in [9.17, 15) is 9.59 Å². The van der Waals surface area contributed by atoms with Crippen LogP contribution in [0.2, 0.25) is 0 Å². The summed E-state index contributed by atoms with van der Waals surface area (Å²) in [5.41, 5.74) is 4.92. The number of ether oxygens (including phenoxy) is 1. The SMILES string of the molecule is COCCn1c(N)c(NCCn2ccnn2)c(=O)[nH]c1=O. The average molecular weight is 295 g/mol. The number of aromatic nitrogens is 5. The lowest BCUT2D eigenvalue weighted by molar-refractivity contribution is 0.186. The first kappa shape index (κ1) is 14.8. The molecule has 0 amide bonds. The van der Waals surface area contributed by atoms with Crippen LogP contribution in [0.15, 0.2) is 22.0 Å². The van der Waals surface area contributed by atoms with Crippen LogP contribution in [0.1, 0.15) is 0 Å². The standard InChI is InChI=1S/C11H17N7O3/c1-21-7-6-18-9(12)8(10(19)15-11(18)20)13-2-4-17-5-3-14-16-17/h3,5,13H,2,4,6-7,12H2,1H3,(H,15,19,20). The molecule has 2 aromatic heterocycles. The number of H-pyrrole nitrogens is 1. The summed E-state index contributed by atoms with van der Waals surface area (Å²) in [7, 11) is 1.52. The highest BCUT2D eigenvalue weighted by Crippen LogP contribution is 2.09. The molecule has 0 aromatic carbocycles. The third-order valence-electron chi connectivity index (χ3n) is 2.87. The number of anilines is 2. The highest BCUT2D eigenvalue weighted by atomic mass is 16.5. The Labute approximate surface area is 119 Å². The van der Waals surface area contributed by atoms with E-state index in [1.54, 1.807) is 17.1 Å². The van der Waals surface area contributed by atoms with Gasteiger partial charge in [0, 0.05) is 19.9 Å². The Morgan fingerprint density at radius 1 is 1.43 bits per heavy atom. The first-order chi connectivity index (χ1) is 10.1. The minimum atomic E-state index is -0.559. The Kier molecular flexibility index (Phi) is 4.72. The molecule has 0 unspecified atom stereocenters. The van der Waals surface area contributed by atoms with Gasteiger partial charge in [-0.3, -0.25) is 19.0 Å². The van der Waals surface area contributed by atoms with Crippen molar-refractivity contribution >= 4 is 11.5 Å². The van der Waals surface area contributed by atoms with Crippen LogP contribution in [-0.4, -0.2) is 44.8 Å². The van der Waals surface area contributed by atoms with E-state index in [0.29, 0.717) is 19.7 Å². The van der Waals surface area contributed by atoms with Crippen LogP contribution in [0, 0.1) is 0 Å². The molecule has 2 rings (SSSR count). The van der Waals surface area contributed by atoms with Gasteiger partial charge in [-0.25, -0.2) is 4.79 Å². The summed E-state index contributed by atoms with van der Waals surface area (Å²) in [5.74, 6) is 0.0828. The largest absolute Gasteiger partial charge is 0.383 e. The molecule has 2 heterocycles. The van der Waals surface area contributed by atoms with E-state index >= 15 is 0 Å². The van der Waals surface area contributed by atoms with E-state index in [1.807, 2.05) is 0 Å². The summed E-state index contributed by atoms with van der Waals surface area (Å²) in [4.78, 5) is 25.7. The molecular weight excluding hydrogens is 278 g/mol. The van der Waals surface area contributed by atoms with Crippen molar-refractivity contribution in [1.82, 2.24) is 24.5 Å². The molecule has 0 saturated carbocycles. The second-order valence-electron chi connectivity index (χ2n) is 4.26. The van der Waals surface area contributed by atoms with Gasteiger partial charge in [-0.1, -0.05) is 5.21 Å². The molecule has 0 spiro atoms. The molecule has 10 nitrogen and oxygen atoms in total. The summed E-state index contributed by atoms with van der Waals surface area (Å²) >= 11 is 0. The molecular formula is C11H17N7O3. The van der Waals surface area contributed by atoms with Gasteiger partial charge < -0.3 is 15.8 Å². The van der Waals surface area contributed by atoms with Crippen LogP contribution in [0.5, 0.6) is 0 Å². The molecule has 10 heteroatoms. The Bertz CT molecular complexity index is 689. The van der Waals surface area contributed by atoms with Crippen molar-refractivity contribution in [2.45, 2.75) is 13.1 Å². The molecule has 0 aliphatic heterocycles. The minimum Gasteiger partial charge on any atom is -0.383 e. The van der Waals surface area contributed by atoms with Gasteiger partial charge in [0.25, 0.3) is 5.56 Å². The van der Waals surface area contributed by atoms with Gasteiger partial charge in [-0.2, -0.15) is 0 Å². The summed E-state index contributed by atoms with van der Waals surface area (Å²) in [6, 6.07) is 0. The number of nitrogens with zero attached hydrogens (tertiary/aromatic N) is 4. The Balaban J connectivity index is 2.14. The van der Waals surface area contributed by atoms with E-state index < -0.39 is 11.2 Å². The number of hydrogen-bond acceptors (Lipinski definition) is 7. The number of nitrogens with one attached hydrogen (secondary N) is 2. The summed E-state index contributed by atoms with van der Waals surface area (Å²) in [6.07, 6.45) is 3.26. The van der Waals surface area contributed by atoms with Crippen LogP contribution in [0.4, 0.5) is 11.5 Å². The van der Waals surface area contributed by atoms with Crippen LogP contribution >= 0.6 is 0 Å². The normalized spacial score (nSPS) is 10.7. The van der Waals surface area contributed by atoms with Gasteiger partial charge in [0.15, 0.2) is 0 Å². The number of rotatable bonds is 7. The van der Waals surface area contributed by atoms with Gasteiger partial charge in [0.1, 0.15) is 11.5 Å². The monoisotopic (exact) mass is 295 g/mol. The molecule has 0 saturated heterocycles. The lowest BCUT2D eigenvalue weighted by Gasteiger charge is -2.13. The topological polar surface area (TPSA) is 133 Å². The molecule has 0 aliphatic carbocycles. The van der Waals surface area contributed by atoms with Crippen molar-refractivity contribution in [3.05, 3.63) is 33.2 Å². The third-order valence-corrected chi connectivity index (χ3v) is 2.87. The molecule has 0 bridgehead atoms. The van der Waals surface area contributed by atoms with Gasteiger partial charge in [-0.05, 0) is 0 Å². The summed E-state index contributed by atoms with van der Waals surface area (Å²) in [5, 5.41) is 10.4. The number of nitrogen functional groups attached to an aromatic ring is 1. The first-order valence-electron chi connectivity index (χ1n) is 6.33. The second-order valence-corrected chi connectivity index (χ2v) is 4.26. The van der Waals surface area contributed by atoms with E-state index in [4.69, 9.17) is 10.5 Å². The van der Waals surface area contributed by atoms with E-state index in [1.165, 1.54) is 11.7 Å². The van der Waals surface area contributed by atoms with Gasteiger partial charge in [0.05, 0.1) is 25.9 Å². The zero-order valence-corrected chi connectivity index (χ0v) is 11.6. The van der Waals surface area contributed by atoms with Gasteiger partial charge >= 0.3 is 5.69 Å². The predicted octanol–water partition coefficient (Wildman–Crippen LogP) is -1.53. The zero-order valence-electron chi connectivity index (χ0n) is 11.6. The highest BCUT2D eigenvalue weighted by molar-refractivity contribution is 5.60. The van der Waals surface area contributed by atoms with Crippen molar-refractivity contribution in [3.8, 4) is 0 Å². The fourth-order valence-corrected chi connectivity index (χ4v) is 1.81. The maximum atomic E-state index is 11.8. The smallest absolute Gasteiger partial charge is 0.330 e. The quantitative estimate of drug-likeness (QED) is 0.564. The molecule has 21 heavy (non-hydrogen) atoms. The molecule has 0 aliphatic rings. The number of methoxy groups -OCH3 is 1. The number of hydrogen-bond donors (Lipinski definition) is 3. The van der Waals surface area contributed by atoms with Crippen molar-refractivity contribution < 1.29 is 4.74 Å². The van der Waals surface area contributed by atoms with Crippen LogP contribution in [0.3, 0.4) is 0 Å². The number of nitrogens with two attached hydrogens (primary N) is 1. The number of aromatic amines is 1. The van der Waals surface area contributed by atoms with E-state index in [0.717, 1.165) is 0 Å². The summed E-state index contributed by atoms with van der Waals surface area (Å²) < 4.78 is 7.77. The fraction of sp³-hybridized carbons (Fsp3) is 0.455. The maximum absolute atomic E-state index is 11.8. The minimum absolute atomic E-state index is 0.0828. The highest BCUT2D eigenvalue weighted by Gasteiger charge is 2.11. The third kappa shape index (κ3) is 3.48. The first-order valence-corrected chi connectivity index (χ1v) is 6.33. The molecule has 0 fully saturated rings. The second kappa shape index (κ2) is 6.70. The van der Waals surface area contributed by atoms with Crippen molar-refractivity contribution in [2.75, 3.05) is 31.3 Å². The van der Waals surface area contributed by atoms with Crippen LogP contribution in [-0.2, 0) is 17.8 Å². The zero-order chi connectivity index (χ0) is 15.2.